The van der Waals surface area contributed by atoms with E-state index in [0.29, 0.717) is 12.8 Å². The van der Waals surface area contributed by atoms with Crippen LogP contribution in [-0.2, 0) is 28.6 Å². The SMILES string of the molecule is CCCCCC/C=C/CCCCCCCCCC(=O)OC(COCCC(C(=O)[O-])[N+](C)(C)C)COC(=O)CCCCCCCCCCCCC. The number of carbonyl (C=O) groups excluding carboxylic acids is 3. The minimum Gasteiger partial charge on any atom is -0.544 e. The van der Waals surface area contributed by atoms with Crippen LogP contribution < -0.4 is 5.11 Å². The summed E-state index contributed by atoms with van der Waals surface area (Å²) < 4.78 is 17.1. The van der Waals surface area contributed by atoms with Crippen molar-refractivity contribution in [1.82, 2.24) is 0 Å². The minimum atomic E-state index is -1.12. The Morgan fingerprint density at radius 1 is 0.580 bits per heavy atom. The van der Waals surface area contributed by atoms with Crippen LogP contribution >= 0.6 is 0 Å². The van der Waals surface area contributed by atoms with Gasteiger partial charge >= 0.3 is 11.9 Å². The highest BCUT2D eigenvalue weighted by Crippen LogP contribution is 2.14. The van der Waals surface area contributed by atoms with Crippen LogP contribution in [-0.4, -0.2) is 75.5 Å². The first-order valence-corrected chi connectivity index (χ1v) is 20.7. The number of esters is 2. The molecule has 0 radical (unpaired) electrons. The molecule has 8 heteroatoms. The van der Waals surface area contributed by atoms with Crippen LogP contribution in [0.25, 0.3) is 0 Å². The van der Waals surface area contributed by atoms with Crippen molar-refractivity contribution in [2.24, 2.45) is 0 Å². The maximum atomic E-state index is 12.7. The number of carboxylic acids is 1. The normalized spacial score (nSPS) is 13.1. The quantitative estimate of drug-likeness (QED) is 0.0274. The van der Waals surface area contributed by atoms with Crippen molar-refractivity contribution in [2.45, 2.75) is 199 Å². The summed E-state index contributed by atoms with van der Waals surface area (Å²) >= 11 is 0. The Bertz CT molecular complexity index is 838. The number of allylic oxidation sites excluding steroid dienone is 2. The maximum absolute atomic E-state index is 12.7. The average Bonchev–Trinajstić information content (AvgIpc) is 3.06. The van der Waals surface area contributed by atoms with E-state index in [1.165, 1.54) is 116 Å². The van der Waals surface area contributed by atoms with E-state index in [0.717, 1.165) is 38.5 Å². The van der Waals surface area contributed by atoms with Crippen LogP contribution in [0.15, 0.2) is 12.2 Å². The second kappa shape index (κ2) is 34.2. The van der Waals surface area contributed by atoms with E-state index >= 15 is 0 Å². The molecule has 8 nitrogen and oxygen atoms in total. The van der Waals surface area contributed by atoms with Crippen LogP contribution in [0.3, 0.4) is 0 Å². The van der Waals surface area contributed by atoms with Gasteiger partial charge in [-0.1, -0.05) is 142 Å². The lowest BCUT2D eigenvalue weighted by Gasteiger charge is -2.34. The van der Waals surface area contributed by atoms with Crippen LogP contribution in [0.2, 0.25) is 0 Å². The number of rotatable bonds is 37. The third-order valence-electron chi connectivity index (χ3n) is 9.40. The molecule has 2 atom stereocenters. The topological polar surface area (TPSA) is 102 Å². The maximum Gasteiger partial charge on any atom is 0.306 e. The summed E-state index contributed by atoms with van der Waals surface area (Å²) in [6.07, 6.45) is 33.7. The minimum absolute atomic E-state index is 0.0441. The van der Waals surface area contributed by atoms with Gasteiger partial charge in [0.05, 0.1) is 40.3 Å². The van der Waals surface area contributed by atoms with Crippen molar-refractivity contribution >= 4 is 17.9 Å². The fourth-order valence-electron chi connectivity index (χ4n) is 6.12. The average molecular weight is 710 g/mol. The second-order valence-corrected chi connectivity index (χ2v) is 15.2. The Morgan fingerprint density at radius 2 is 1.00 bits per heavy atom. The number of likely N-dealkylation sites (N-methyl/N-ethyl adjacent to an activating group) is 1. The monoisotopic (exact) mass is 710 g/mol. The Balaban J connectivity index is 4.36. The number of carboxylic acid groups (broad SMARTS) is 1. The summed E-state index contributed by atoms with van der Waals surface area (Å²) in [6.45, 7) is 4.64. The number of quaternary nitrogens is 1. The van der Waals surface area contributed by atoms with Crippen LogP contribution in [0.4, 0.5) is 0 Å². The number of ether oxygens (including phenoxy) is 3. The number of unbranched alkanes of at least 4 members (excludes halogenated alkanes) is 21. The zero-order chi connectivity index (χ0) is 37.1. The van der Waals surface area contributed by atoms with E-state index in [1.54, 1.807) is 21.1 Å². The first kappa shape index (κ1) is 48.1. The summed E-state index contributed by atoms with van der Waals surface area (Å²) in [5.74, 6) is -1.73. The van der Waals surface area contributed by atoms with Gasteiger partial charge in [0.1, 0.15) is 12.6 Å². The van der Waals surface area contributed by atoms with Crippen LogP contribution in [0.1, 0.15) is 187 Å². The Kier molecular flexibility index (Phi) is 32.9. The molecular formula is C42H79NO7. The smallest absolute Gasteiger partial charge is 0.306 e. The van der Waals surface area contributed by atoms with Crippen molar-refractivity contribution in [3.63, 3.8) is 0 Å². The van der Waals surface area contributed by atoms with Gasteiger partial charge in [-0.2, -0.15) is 0 Å². The highest BCUT2D eigenvalue weighted by atomic mass is 16.6. The molecule has 0 aliphatic carbocycles. The van der Waals surface area contributed by atoms with Gasteiger partial charge in [0.25, 0.3) is 0 Å². The van der Waals surface area contributed by atoms with Gasteiger partial charge in [-0.05, 0) is 38.5 Å². The molecule has 0 aromatic heterocycles. The summed E-state index contributed by atoms with van der Waals surface area (Å²) in [5.41, 5.74) is 0. The fraction of sp³-hybridized carbons (Fsp3) is 0.881. The van der Waals surface area contributed by atoms with E-state index in [4.69, 9.17) is 14.2 Å². The fourth-order valence-corrected chi connectivity index (χ4v) is 6.12. The highest BCUT2D eigenvalue weighted by molar-refractivity contribution is 5.70. The molecule has 0 saturated heterocycles. The van der Waals surface area contributed by atoms with Gasteiger partial charge < -0.3 is 28.6 Å². The lowest BCUT2D eigenvalue weighted by atomic mass is 10.1. The molecule has 2 unspecified atom stereocenters. The number of aliphatic carboxylic acids is 1. The van der Waals surface area contributed by atoms with Gasteiger partial charge in [-0.3, -0.25) is 9.59 Å². The van der Waals surface area contributed by atoms with Crippen molar-refractivity contribution in [1.29, 1.82) is 0 Å². The first-order valence-electron chi connectivity index (χ1n) is 20.7. The van der Waals surface area contributed by atoms with Crippen molar-refractivity contribution < 1.29 is 38.2 Å². The lowest BCUT2D eigenvalue weighted by Crippen LogP contribution is -2.55. The Labute approximate surface area is 308 Å². The van der Waals surface area contributed by atoms with Gasteiger partial charge in [0.2, 0.25) is 0 Å². The molecule has 0 spiro atoms. The van der Waals surface area contributed by atoms with E-state index in [-0.39, 0.29) is 42.7 Å². The predicted octanol–water partition coefficient (Wildman–Crippen LogP) is 9.41. The van der Waals surface area contributed by atoms with Gasteiger partial charge in [0.15, 0.2) is 6.10 Å². The molecule has 0 bridgehead atoms. The van der Waals surface area contributed by atoms with Crippen molar-refractivity contribution in [3.8, 4) is 0 Å². The Morgan fingerprint density at radius 3 is 1.46 bits per heavy atom. The largest absolute Gasteiger partial charge is 0.544 e. The summed E-state index contributed by atoms with van der Waals surface area (Å²) in [5, 5.41) is 11.6. The molecule has 0 aliphatic heterocycles. The molecule has 0 rings (SSSR count). The highest BCUT2D eigenvalue weighted by Gasteiger charge is 2.25. The van der Waals surface area contributed by atoms with Crippen LogP contribution in [0.5, 0.6) is 0 Å². The molecule has 0 N–H and O–H groups in total. The van der Waals surface area contributed by atoms with Crippen molar-refractivity contribution in [2.75, 3.05) is 41.0 Å². The zero-order valence-electron chi connectivity index (χ0n) is 33.3. The molecule has 0 saturated carbocycles. The molecule has 0 heterocycles. The molecule has 0 fully saturated rings. The number of nitrogens with zero attached hydrogens (tertiary/aromatic N) is 1. The van der Waals surface area contributed by atoms with Crippen molar-refractivity contribution in [3.05, 3.63) is 12.2 Å². The van der Waals surface area contributed by atoms with E-state index in [9.17, 15) is 19.5 Å². The van der Waals surface area contributed by atoms with E-state index in [2.05, 4.69) is 26.0 Å². The van der Waals surface area contributed by atoms with Gasteiger partial charge in [-0.15, -0.1) is 0 Å². The number of hydrogen-bond acceptors (Lipinski definition) is 7. The zero-order valence-corrected chi connectivity index (χ0v) is 33.3. The first-order chi connectivity index (χ1) is 24.1. The summed E-state index contributed by atoms with van der Waals surface area (Å²) in [4.78, 5) is 36.7. The Hall–Kier alpha value is -1.93. The standard InChI is InChI=1S/C42H79NO7/c1-6-8-10-12-14-16-18-19-20-21-23-25-27-29-31-33-41(45)50-38(36-48-35-34-39(42(46)47)43(3,4)5)37-49-40(44)32-30-28-26-24-22-17-15-13-11-9-7-2/h16,18,38-39H,6-15,17,19-37H2,1-5H3/b18-16+. The van der Waals surface area contributed by atoms with Gasteiger partial charge in [0, 0.05) is 19.3 Å². The molecular weight excluding hydrogens is 630 g/mol. The van der Waals surface area contributed by atoms with Crippen LogP contribution in [0, 0.1) is 0 Å². The number of carbonyl (C=O) groups is 3. The molecule has 0 aromatic rings. The molecule has 50 heavy (non-hydrogen) atoms. The van der Waals surface area contributed by atoms with E-state index < -0.39 is 18.1 Å². The molecule has 294 valence electrons. The third kappa shape index (κ3) is 32.0. The molecule has 0 aromatic carbocycles. The lowest BCUT2D eigenvalue weighted by molar-refractivity contribution is -0.889. The molecule has 0 aliphatic rings. The molecule has 0 amide bonds. The van der Waals surface area contributed by atoms with E-state index in [1.807, 2.05) is 0 Å². The third-order valence-corrected chi connectivity index (χ3v) is 9.40. The van der Waals surface area contributed by atoms with Gasteiger partial charge in [-0.25, -0.2) is 0 Å². The summed E-state index contributed by atoms with van der Waals surface area (Å²) in [7, 11) is 5.40. The summed E-state index contributed by atoms with van der Waals surface area (Å²) in [6, 6.07) is -0.721. The predicted molar refractivity (Wildman–Crippen MR) is 204 cm³/mol. The number of hydrogen-bond donors (Lipinski definition) is 0. The second-order valence-electron chi connectivity index (χ2n) is 15.2.